The summed E-state index contributed by atoms with van der Waals surface area (Å²) in [7, 11) is 0. The largest absolute Gasteiger partial charge is 0.340 e. The van der Waals surface area contributed by atoms with E-state index in [0.717, 1.165) is 16.8 Å². The fraction of sp³-hybridized carbons (Fsp3) is 0.150. The lowest BCUT2D eigenvalue weighted by Crippen LogP contribution is -2.03. The van der Waals surface area contributed by atoms with Gasteiger partial charge >= 0.3 is 0 Å². The highest BCUT2D eigenvalue weighted by Gasteiger charge is 2.15. The molecule has 0 saturated heterocycles. The Bertz CT molecular complexity index is 1050. The first kappa shape index (κ1) is 16.1. The van der Waals surface area contributed by atoms with Crippen LogP contribution in [-0.2, 0) is 0 Å². The average molecular weight is 345 g/mol. The van der Waals surface area contributed by atoms with Gasteiger partial charge in [0.1, 0.15) is 5.82 Å². The van der Waals surface area contributed by atoms with Gasteiger partial charge in [-0.05, 0) is 41.8 Å². The SMILES string of the molecule is CC(C)c1ccc(Nc2[nH][nH]c(=O)c2C=C2C=Nc3ncccc32)cc1. The Balaban J connectivity index is 1.66. The van der Waals surface area contributed by atoms with Gasteiger partial charge in [-0.25, -0.2) is 9.98 Å². The van der Waals surface area contributed by atoms with Crippen LogP contribution >= 0.6 is 0 Å². The van der Waals surface area contributed by atoms with Gasteiger partial charge in [0.2, 0.25) is 0 Å². The van der Waals surface area contributed by atoms with E-state index in [1.807, 2.05) is 30.3 Å². The molecule has 2 aromatic heterocycles. The molecular formula is C20H19N5O. The lowest BCUT2D eigenvalue weighted by Gasteiger charge is -2.08. The summed E-state index contributed by atoms with van der Waals surface area (Å²) in [6.45, 7) is 4.32. The zero-order valence-electron chi connectivity index (χ0n) is 14.6. The Hall–Kier alpha value is -3.41. The maximum Gasteiger partial charge on any atom is 0.273 e. The molecule has 3 heterocycles. The number of benzene rings is 1. The Kier molecular flexibility index (Phi) is 4.01. The summed E-state index contributed by atoms with van der Waals surface area (Å²) in [6.07, 6.45) is 5.25. The molecule has 0 radical (unpaired) electrons. The van der Waals surface area contributed by atoms with E-state index in [-0.39, 0.29) is 5.56 Å². The fourth-order valence-corrected chi connectivity index (χ4v) is 2.90. The zero-order valence-corrected chi connectivity index (χ0v) is 14.6. The maximum atomic E-state index is 12.2. The van der Waals surface area contributed by atoms with Crippen LogP contribution in [0.4, 0.5) is 17.3 Å². The molecule has 0 atom stereocenters. The average Bonchev–Trinajstić information content (AvgIpc) is 3.21. The Labute approximate surface area is 150 Å². The van der Waals surface area contributed by atoms with Crippen LogP contribution < -0.4 is 10.9 Å². The number of hydrogen-bond donors (Lipinski definition) is 3. The molecule has 1 aliphatic rings. The van der Waals surface area contributed by atoms with Crippen molar-refractivity contribution in [3.63, 3.8) is 0 Å². The summed E-state index contributed by atoms with van der Waals surface area (Å²) >= 11 is 0. The van der Waals surface area contributed by atoms with Crippen molar-refractivity contribution in [2.24, 2.45) is 4.99 Å². The number of H-pyrrole nitrogens is 2. The lowest BCUT2D eigenvalue weighted by atomic mass is 10.0. The van der Waals surface area contributed by atoms with Crippen molar-refractivity contribution in [1.82, 2.24) is 15.2 Å². The van der Waals surface area contributed by atoms with Gasteiger partial charge in [-0.1, -0.05) is 26.0 Å². The summed E-state index contributed by atoms with van der Waals surface area (Å²) in [6, 6.07) is 12.0. The van der Waals surface area contributed by atoms with Crippen molar-refractivity contribution < 1.29 is 0 Å². The van der Waals surface area contributed by atoms with Crippen LogP contribution in [0.15, 0.2) is 52.4 Å². The zero-order chi connectivity index (χ0) is 18.1. The van der Waals surface area contributed by atoms with Gasteiger partial charge in [0, 0.05) is 29.2 Å². The highest BCUT2D eigenvalue weighted by Crippen LogP contribution is 2.31. The van der Waals surface area contributed by atoms with E-state index in [1.54, 1.807) is 12.4 Å². The Morgan fingerprint density at radius 1 is 1.12 bits per heavy atom. The highest BCUT2D eigenvalue weighted by molar-refractivity contribution is 6.21. The number of rotatable bonds is 4. The van der Waals surface area contributed by atoms with Gasteiger partial charge < -0.3 is 5.32 Å². The summed E-state index contributed by atoms with van der Waals surface area (Å²) in [5, 5.41) is 8.81. The monoisotopic (exact) mass is 345 g/mol. The number of nitrogens with zero attached hydrogens (tertiary/aromatic N) is 2. The van der Waals surface area contributed by atoms with E-state index in [4.69, 9.17) is 0 Å². The number of anilines is 2. The van der Waals surface area contributed by atoms with Crippen LogP contribution in [0.25, 0.3) is 11.6 Å². The molecule has 26 heavy (non-hydrogen) atoms. The molecule has 1 aromatic carbocycles. The normalized spacial score (nSPS) is 14.2. The van der Waals surface area contributed by atoms with Crippen molar-refractivity contribution in [3.8, 4) is 0 Å². The van der Waals surface area contributed by atoms with Gasteiger partial charge in [0.25, 0.3) is 5.56 Å². The molecule has 130 valence electrons. The first-order valence-corrected chi connectivity index (χ1v) is 8.50. The molecule has 4 rings (SSSR count). The Morgan fingerprint density at radius 2 is 1.92 bits per heavy atom. The number of allylic oxidation sites excluding steroid dienone is 1. The molecule has 1 aliphatic heterocycles. The summed E-state index contributed by atoms with van der Waals surface area (Å²) in [4.78, 5) is 20.8. The molecule has 0 spiro atoms. The minimum Gasteiger partial charge on any atom is -0.340 e. The van der Waals surface area contributed by atoms with E-state index in [9.17, 15) is 4.79 Å². The molecule has 0 saturated carbocycles. The molecule has 0 fully saturated rings. The predicted octanol–water partition coefficient (Wildman–Crippen LogP) is 4.22. The van der Waals surface area contributed by atoms with Gasteiger partial charge in [-0.15, -0.1) is 0 Å². The second-order valence-corrected chi connectivity index (χ2v) is 6.50. The molecule has 6 nitrogen and oxygen atoms in total. The van der Waals surface area contributed by atoms with E-state index >= 15 is 0 Å². The standard InChI is InChI=1S/C20H19N5O/c1-12(2)13-5-7-15(8-6-13)23-19-17(20(26)25-24-19)10-14-11-22-18-16(14)4-3-9-21-18/h3-12H,1-2H3,(H3,23,24,25,26). The van der Waals surface area contributed by atoms with Gasteiger partial charge in [0.15, 0.2) is 5.82 Å². The number of aromatic amines is 2. The molecule has 0 aliphatic carbocycles. The first-order chi connectivity index (χ1) is 12.6. The van der Waals surface area contributed by atoms with Crippen molar-refractivity contribution in [2.75, 3.05) is 5.32 Å². The van der Waals surface area contributed by atoms with Crippen molar-refractivity contribution >= 4 is 35.2 Å². The number of aromatic nitrogens is 3. The number of fused-ring (bicyclic) bond motifs is 1. The predicted molar refractivity (Wildman–Crippen MR) is 105 cm³/mol. The van der Waals surface area contributed by atoms with Crippen molar-refractivity contribution in [3.05, 3.63) is 69.6 Å². The van der Waals surface area contributed by atoms with Crippen LogP contribution in [0, 0.1) is 0 Å². The molecule has 0 bridgehead atoms. The molecule has 0 amide bonds. The quantitative estimate of drug-likeness (QED) is 0.662. The summed E-state index contributed by atoms with van der Waals surface area (Å²) < 4.78 is 0. The number of nitrogens with one attached hydrogen (secondary N) is 3. The van der Waals surface area contributed by atoms with Crippen LogP contribution in [0.2, 0.25) is 0 Å². The number of aliphatic imine (C=N–C) groups is 1. The molecule has 6 heteroatoms. The fourth-order valence-electron chi connectivity index (χ4n) is 2.90. The third-order valence-electron chi connectivity index (χ3n) is 4.39. The van der Waals surface area contributed by atoms with E-state index in [0.29, 0.717) is 23.1 Å². The van der Waals surface area contributed by atoms with Gasteiger partial charge in [-0.2, -0.15) is 0 Å². The van der Waals surface area contributed by atoms with Crippen molar-refractivity contribution in [2.45, 2.75) is 19.8 Å². The van der Waals surface area contributed by atoms with Crippen LogP contribution in [0.5, 0.6) is 0 Å². The van der Waals surface area contributed by atoms with Crippen LogP contribution in [-0.4, -0.2) is 21.4 Å². The maximum absolute atomic E-state index is 12.2. The van der Waals surface area contributed by atoms with E-state index in [1.165, 1.54) is 5.56 Å². The molecule has 3 aromatic rings. The van der Waals surface area contributed by atoms with Gasteiger partial charge in [-0.3, -0.25) is 15.0 Å². The first-order valence-electron chi connectivity index (χ1n) is 8.50. The van der Waals surface area contributed by atoms with E-state index in [2.05, 4.69) is 51.5 Å². The molecule has 0 unspecified atom stereocenters. The highest BCUT2D eigenvalue weighted by atomic mass is 16.1. The third-order valence-corrected chi connectivity index (χ3v) is 4.39. The van der Waals surface area contributed by atoms with Gasteiger partial charge in [0.05, 0.1) is 5.56 Å². The topological polar surface area (TPSA) is 85.9 Å². The molecule has 3 N–H and O–H groups in total. The lowest BCUT2D eigenvalue weighted by molar-refractivity contribution is 0.867. The Morgan fingerprint density at radius 3 is 2.69 bits per heavy atom. The minimum atomic E-state index is -0.190. The summed E-state index contributed by atoms with van der Waals surface area (Å²) in [5.74, 6) is 1.77. The number of pyridine rings is 1. The summed E-state index contributed by atoms with van der Waals surface area (Å²) in [5.41, 5.74) is 4.29. The van der Waals surface area contributed by atoms with Crippen LogP contribution in [0.1, 0.15) is 36.5 Å². The van der Waals surface area contributed by atoms with E-state index < -0.39 is 0 Å². The second-order valence-electron chi connectivity index (χ2n) is 6.50. The van der Waals surface area contributed by atoms with Crippen LogP contribution in [0.3, 0.4) is 0 Å². The molecular weight excluding hydrogens is 326 g/mol. The number of hydrogen-bond acceptors (Lipinski definition) is 4. The minimum absolute atomic E-state index is 0.190. The second kappa shape index (κ2) is 6.48. The third kappa shape index (κ3) is 2.97. The smallest absolute Gasteiger partial charge is 0.273 e. The van der Waals surface area contributed by atoms with Crippen molar-refractivity contribution in [1.29, 1.82) is 0 Å².